The molecule has 0 unspecified atom stereocenters. The van der Waals surface area contributed by atoms with Crippen LogP contribution in [0.3, 0.4) is 0 Å². The van der Waals surface area contributed by atoms with E-state index in [0.29, 0.717) is 10.8 Å². The van der Waals surface area contributed by atoms with E-state index in [1.807, 2.05) is 29.9 Å². The van der Waals surface area contributed by atoms with Crippen LogP contribution in [-0.2, 0) is 16.6 Å². The van der Waals surface area contributed by atoms with Gasteiger partial charge >= 0.3 is 0 Å². The van der Waals surface area contributed by atoms with Crippen molar-refractivity contribution in [1.82, 2.24) is 20.2 Å². The molecule has 1 aliphatic carbocycles. The molecule has 2 aromatic rings. The van der Waals surface area contributed by atoms with Crippen LogP contribution in [0.2, 0.25) is 5.02 Å². The number of aryl methyl sites for hydroxylation is 1. The van der Waals surface area contributed by atoms with Crippen LogP contribution in [0.1, 0.15) is 49.5 Å². The number of nitrogens with zero attached hydrogens (tertiary/aromatic N) is 2. The van der Waals surface area contributed by atoms with Crippen LogP contribution in [0.25, 0.3) is 0 Å². The number of carbonyl (C=O) groups excluding carboxylic acids is 2. The first kappa shape index (κ1) is 19.4. The van der Waals surface area contributed by atoms with Crippen LogP contribution in [0.4, 0.5) is 0 Å². The molecule has 1 aromatic carbocycles. The standard InChI is InChI=1S/C20H25ClN4O2/c1-25-12-11-22-19(25)18(14-7-9-16(21)10-8-14)24-17(26)13-23-20(27)15-5-3-2-4-6-15/h7-12,15,18H,2-6,13H2,1H3,(H,23,27)(H,24,26)/t18-/m0/s1. The molecule has 144 valence electrons. The minimum Gasteiger partial charge on any atom is -0.347 e. The van der Waals surface area contributed by atoms with Crippen molar-refractivity contribution in [1.29, 1.82) is 0 Å². The predicted octanol–water partition coefficient (Wildman–Crippen LogP) is 2.98. The van der Waals surface area contributed by atoms with Crippen LogP contribution in [0.5, 0.6) is 0 Å². The second kappa shape index (κ2) is 9.04. The Morgan fingerprint density at radius 1 is 1.22 bits per heavy atom. The van der Waals surface area contributed by atoms with Gasteiger partial charge in [-0.05, 0) is 30.5 Å². The molecule has 0 aliphatic heterocycles. The number of rotatable bonds is 6. The third-order valence-corrected chi connectivity index (χ3v) is 5.28. The molecule has 27 heavy (non-hydrogen) atoms. The van der Waals surface area contributed by atoms with E-state index in [4.69, 9.17) is 11.6 Å². The minimum absolute atomic E-state index is 0.0233. The normalized spacial score (nSPS) is 15.9. The molecule has 6 nitrogen and oxygen atoms in total. The zero-order valence-electron chi connectivity index (χ0n) is 15.5. The molecule has 0 radical (unpaired) electrons. The molecule has 0 bridgehead atoms. The van der Waals surface area contributed by atoms with Gasteiger partial charge in [0.25, 0.3) is 0 Å². The Kier molecular flexibility index (Phi) is 6.50. The van der Waals surface area contributed by atoms with Gasteiger partial charge in [0.2, 0.25) is 11.8 Å². The highest BCUT2D eigenvalue weighted by Crippen LogP contribution is 2.24. The molecule has 1 aliphatic rings. The molecular weight excluding hydrogens is 364 g/mol. The Bertz CT molecular complexity index is 782. The first-order chi connectivity index (χ1) is 13.0. The van der Waals surface area contributed by atoms with E-state index < -0.39 is 6.04 Å². The number of hydrogen-bond donors (Lipinski definition) is 2. The molecule has 0 spiro atoms. The summed E-state index contributed by atoms with van der Waals surface area (Å²) in [5.41, 5.74) is 0.876. The Labute approximate surface area is 164 Å². The SMILES string of the molecule is Cn1ccnc1[C@@H](NC(=O)CNC(=O)C1CCCCC1)c1ccc(Cl)cc1. The number of aromatic nitrogens is 2. The van der Waals surface area contributed by atoms with Gasteiger partial charge < -0.3 is 15.2 Å². The van der Waals surface area contributed by atoms with Crippen molar-refractivity contribution in [3.8, 4) is 0 Å². The van der Waals surface area contributed by atoms with Crippen molar-refractivity contribution in [2.24, 2.45) is 13.0 Å². The number of carbonyl (C=O) groups is 2. The molecule has 2 amide bonds. The van der Waals surface area contributed by atoms with Crippen LogP contribution >= 0.6 is 11.6 Å². The largest absolute Gasteiger partial charge is 0.347 e. The number of amides is 2. The lowest BCUT2D eigenvalue weighted by Gasteiger charge is -2.22. The average molecular weight is 389 g/mol. The Morgan fingerprint density at radius 2 is 1.93 bits per heavy atom. The third kappa shape index (κ3) is 5.10. The highest BCUT2D eigenvalue weighted by molar-refractivity contribution is 6.30. The second-order valence-electron chi connectivity index (χ2n) is 7.00. The fourth-order valence-electron chi connectivity index (χ4n) is 3.50. The first-order valence-electron chi connectivity index (χ1n) is 9.34. The zero-order valence-corrected chi connectivity index (χ0v) is 16.2. The number of benzene rings is 1. The van der Waals surface area contributed by atoms with Crippen LogP contribution in [0.15, 0.2) is 36.7 Å². The molecule has 1 aromatic heterocycles. The van der Waals surface area contributed by atoms with E-state index in [0.717, 1.165) is 31.2 Å². The topological polar surface area (TPSA) is 76.0 Å². The third-order valence-electron chi connectivity index (χ3n) is 5.02. The fraction of sp³-hybridized carbons (Fsp3) is 0.450. The van der Waals surface area contributed by atoms with Gasteiger partial charge in [-0.3, -0.25) is 9.59 Å². The van der Waals surface area contributed by atoms with Gasteiger partial charge in [0.05, 0.1) is 6.54 Å². The summed E-state index contributed by atoms with van der Waals surface area (Å²) >= 11 is 5.98. The summed E-state index contributed by atoms with van der Waals surface area (Å²) in [6.45, 7) is -0.0379. The number of hydrogen-bond acceptors (Lipinski definition) is 3. The predicted molar refractivity (Wildman–Crippen MR) is 104 cm³/mol. The van der Waals surface area contributed by atoms with Crippen molar-refractivity contribution in [3.05, 3.63) is 53.1 Å². The summed E-state index contributed by atoms with van der Waals surface area (Å²) in [5.74, 6) is 0.476. The van der Waals surface area contributed by atoms with Gasteiger partial charge in [-0.25, -0.2) is 4.98 Å². The summed E-state index contributed by atoms with van der Waals surface area (Å²) in [7, 11) is 1.88. The van der Waals surface area contributed by atoms with Gasteiger partial charge in [-0.1, -0.05) is 43.0 Å². The Hall–Kier alpha value is -2.34. The molecule has 1 fully saturated rings. The van der Waals surface area contributed by atoms with E-state index in [1.54, 1.807) is 18.3 Å². The molecule has 1 saturated carbocycles. The number of nitrogens with one attached hydrogen (secondary N) is 2. The molecule has 7 heteroatoms. The zero-order chi connectivity index (χ0) is 19.2. The molecule has 1 heterocycles. The van der Waals surface area contributed by atoms with E-state index in [1.165, 1.54) is 6.42 Å². The molecular formula is C20H25ClN4O2. The summed E-state index contributed by atoms with van der Waals surface area (Å²) in [4.78, 5) is 29.1. The molecule has 0 saturated heterocycles. The first-order valence-corrected chi connectivity index (χ1v) is 9.72. The fourth-order valence-corrected chi connectivity index (χ4v) is 3.62. The van der Waals surface area contributed by atoms with E-state index in [-0.39, 0.29) is 24.3 Å². The van der Waals surface area contributed by atoms with E-state index in [2.05, 4.69) is 15.6 Å². The van der Waals surface area contributed by atoms with Crippen molar-refractivity contribution < 1.29 is 9.59 Å². The monoisotopic (exact) mass is 388 g/mol. The van der Waals surface area contributed by atoms with Crippen molar-refractivity contribution >= 4 is 23.4 Å². The van der Waals surface area contributed by atoms with Crippen molar-refractivity contribution in [3.63, 3.8) is 0 Å². The summed E-state index contributed by atoms with van der Waals surface area (Å²) in [6, 6.07) is 6.88. The number of imidazole rings is 1. The molecule has 1 atom stereocenters. The summed E-state index contributed by atoms with van der Waals surface area (Å²) in [6.07, 6.45) is 8.70. The molecule has 3 rings (SSSR count). The quantitative estimate of drug-likeness (QED) is 0.798. The highest BCUT2D eigenvalue weighted by Gasteiger charge is 2.23. The lowest BCUT2D eigenvalue weighted by atomic mass is 9.89. The van der Waals surface area contributed by atoms with Crippen LogP contribution < -0.4 is 10.6 Å². The van der Waals surface area contributed by atoms with Gasteiger partial charge in [0, 0.05) is 30.4 Å². The average Bonchev–Trinajstić information content (AvgIpc) is 3.11. The number of halogens is 1. The van der Waals surface area contributed by atoms with Gasteiger partial charge in [-0.15, -0.1) is 0 Å². The molecule has 2 N–H and O–H groups in total. The van der Waals surface area contributed by atoms with Crippen molar-refractivity contribution in [2.75, 3.05) is 6.54 Å². The lowest BCUT2D eigenvalue weighted by Crippen LogP contribution is -2.41. The second-order valence-corrected chi connectivity index (χ2v) is 7.44. The summed E-state index contributed by atoms with van der Waals surface area (Å²) in [5, 5.41) is 6.38. The lowest BCUT2D eigenvalue weighted by molar-refractivity contribution is -0.129. The smallest absolute Gasteiger partial charge is 0.240 e. The van der Waals surface area contributed by atoms with Crippen molar-refractivity contribution in [2.45, 2.75) is 38.1 Å². The van der Waals surface area contributed by atoms with E-state index in [9.17, 15) is 9.59 Å². The maximum Gasteiger partial charge on any atom is 0.240 e. The van der Waals surface area contributed by atoms with Crippen LogP contribution in [0, 0.1) is 5.92 Å². The summed E-state index contributed by atoms with van der Waals surface area (Å²) < 4.78 is 1.86. The maximum atomic E-state index is 12.5. The van der Waals surface area contributed by atoms with Gasteiger partial charge in [0.1, 0.15) is 11.9 Å². The highest BCUT2D eigenvalue weighted by atomic mass is 35.5. The van der Waals surface area contributed by atoms with Gasteiger partial charge in [0.15, 0.2) is 0 Å². The van der Waals surface area contributed by atoms with E-state index >= 15 is 0 Å². The minimum atomic E-state index is -0.415. The van der Waals surface area contributed by atoms with Gasteiger partial charge in [-0.2, -0.15) is 0 Å². The Morgan fingerprint density at radius 3 is 2.56 bits per heavy atom. The maximum absolute atomic E-state index is 12.5. The van der Waals surface area contributed by atoms with Crippen LogP contribution in [-0.4, -0.2) is 27.9 Å². The Balaban J connectivity index is 1.65.